The number of esters is 2. The van der Waals surface area contributed by atoms with Gasteiger partial charge < -0.3 is 4.74 Å². The Morgan fingerprint density at radius 2 is 1.56 bits per heavy atom. The Morgan fingerprint density at radius 1 is 0.944 bits per heavy atom. The van der Waals surface area contributed by atoms with E-state index >= 15 is 0 Å². The lowest BCUT2D eigenvalue weighted by atomic mass is 9.92. The smallest absolute Gasteiger partial charge is 0.321 e. The standard InChI is InChI=1S/C15H16O3/c16-14-9-13(15(17)18-14)12-7-5-11(6-8-12)10-3-1-2-4-10/h5-8,10,13H,1-4,9H2/t13-/m1/s1. The molecule has 1 aromatic carbocycles. The van der Waals surface area contributed by atoms with Crippen molar-refractivity contribution in [2.75, 3.05) is 0 Å². The van der Waals surface area contributed by atoms with E-state index in [0.717, 1.165) is 5.56 Å². The summed E-state index contributed by atoms with van der Waals surface area (Å²) in [5, 5.41) is 0. The van der Waals surface area contributed by atoms with Crippen LogP contribution in [0, 0.1) is 0 Å². The van der Waals surface area contributed by atoms with E-state index in [1.807, 2.05) is 12.1 Å². The quantitative estimate of drug-likeness (QED) is 0.593. The van der Waals surface area contributed by atoms with Crippen molar-refractivity contribution in [2.45, 2.75) is 43.9 Å². The van der Waals surface area contributed by atoms with Crippen molar-refractivity contribution < 1.29 is 14.3 Å². The van der Waals surface area contributed by atoms with Crippen LogP contribution in [0.15, 0.2) is 24.3 Å². The van der Waals surface area contributed by atoms with Crippen LogP contribution in [-0.2, 0) is 14.3 Å². The predicted octanol–water partition coefficient (Wildman–Crippen LogP) is 2.90. The molecule has 0 radical (unpaired) electrons. The summed E-state index contributed by atoms with van der Waals surface area (Å²) >= 11 is 0. The van der Waals surface area contributed by atoms with Gasteiger partial charge in [0.25, 0.3) is 0 Å². The Kier molecular flexibility index (Phi) is 2.90. The number of cyclic esters (lactones) is 2. The number of hydrogen-bond donors (Lipinski definition) is 0. The molecule has 3 nitrogen and oxygen atoms in total. The van der Waals surface area contributed by atoms with Crippen LogP contribution < -0.4 is 0 Å². The monoisotopic (exact) mass is 244 g/mol. The van der Waals surface area contributed by atoms with Gasteiger partial charge in [-0.3, -0.25) is 9.59 Å². The first-order chi connectivity index (χ1) is 8.74. The summed E-state index contributed by atoms with van der Waals surface area (Å²) in [7, 11) is 0. The minimum atomic E-state index is -0.412. The predicted molar refractivity (Wildman–Crippen MR) is 66.1 cm³/mol. The van der Waals surface area contributed by atoms with Crippen molar-refractivity contribution in [2.24, 2.45) is 0 Å². The van der Waals surface area contributed by atoms with Gasteiger partial charge >= 0.3 is 11.9 Å². The molecule has 2 aliphatic rings. The third-order valence-corrected chi connectivity index (χ3v) is 4.04. The summed E-state index contributed by atoms with van der Waals surface area (Å²) in [6.07, 6.45) is 5.35. The second-order valence-electron chi connectivity index (χ2n) is 5.20. The van der Waals surface area contributed by atoms with E-state index in [2.05, 4.69) is 16.9 Å². The van der Waals surface area contributed by atoms with E-state index in [1.165, 1.54) is 31.2 Å². The highest BCUT2D eigenvalue weighted by Crippen LogP contribution is 2.35. The summed E-state index contributed by atoms with van der Waals surface area (Å²) in [4.78, 5) is 22.6. The molecule has 0 spiro atoms. The van der Waals surface area contributed by atoms with Gasteiger partial charge in [0.15, 0.2) is 0 Å². The highest BCUT2D eigenvalue weighted by Gasteiger charge is 2.34. The van der Waals surface area contributed by atoms with Crippen molar-refractivity contribution in [1.29, 1.82) is 0 Å². The molecule has 0 aromatic heterocycles. The maximum atomic E-state index is 11.5. The van der Waals surface area contributed by atoms with Crippen molar-refractivity contribution in [3.63, 3.8) is 0 Å². The fraction of sp³-hybridized carbons (Fsp3) is 0.467. The van der Waals surface area contributed by atoms with Gasteiger partial charge in [0.1, 0.15) is 0 Å². The molecule has 94 valence electrons. The van der Waals surface area contributed by atoms with Gasteiger partial charge in [0.2, 0.25) is 0 Å². The van der Waals surface area contributed by atoms with Crippen LogP contribution in [0.25, 0.3) is 0 Å². The molecule has 1 atom stereocenters. The lowest BCUT2D eigenvalue weighted by molar-refractivity contribution is -0.152. The summed E-state index contributed by atoms with van der Waals surface area (Å²) in [5.41, 5.74) is 2.25. The first-order valence-corrected chi connectivity index (χ1v) is 6.58. The average Bonchev–Trinajstić information content (AvgIpc) is 2.99. The number of rotatable bonds is 2. The molecule has 3 heteroatoms. The molecular formula is C15H16O3. The Balaban J connectivity index is 1.78. The molecule has 0 amide bonds. The van der Waals surface area contributed by atoms with Crippen LogP contribution in [-0.4, -0.2) is 11.9 Å². The first kappa shape index (κ1) is 11.5. The van der Waals surface area contributed by atoms with Crippen LogP contribution in [0.4, 0.5) is 0 Å². The molecule has 3 rings (SSSR count). The van der Waals surface area contributed by atoms with Crippen molar-refractivity contribution in [3.05, 3.63) is 35.4 Å². The molecule has 0 N–H and O–H groups in total. The normalized spacial score (nSPS) is 24.6. The molecular weight excluding hydrogens is 228 g/mol. The lowest BCUT2D eigenvalue weighted by Gasteiger charge is -2.11. The van der Waals surface area contributed by atoms with E-state index in [1.54, 1.807) is 0 Å². The lowest BCUT2D eigenvalue weighted by Crippen LogP contribution is -2.05. The van der Waals surface area contributed by atoms with Crippen molar-refractivity contribution >= 4 is 11.9 Å². The van der Waals surface area contributed by atoms with Gasteiger partial charge in [0, 0.05) is 0 Å². The van der Waals surface area contributed by atoms with Gasteiger partial charge in [-0.05, 0) is 29.9 Å². The zero-order valence-corrected chi connectivity index (χ0v) is 10.2. The number of carbonyl (C=O) groups is 2. The minimum absolute atomic E-state index is 0.182. The molecule has 2 fully saturated rings. The zero-order valence-electron chi connectivity index (χ0n) is 10.2. The Bertz CT molecular complexity index is 469. The molecule has 1 aliphatic heterocycles. The maximum Gasteiger partial charge on any atom is 0.321 e. The number of ether oxygens (including phenoxy) is 1. The third kappa shape index (κ3) is 2.05. The Labute approximate surface area is 106 Å². The van der Waals surface area contributed by atoms with Gasteiger partial charge in [-0.15, -0.1) is 0 Å². The number of carbonyl (C=O) groups excluding carboxylic acids is 2. The Hall–Kier alpha value is -1.64. The second kappa shape index (κ2) is 4.56. The van der Waals surface area contributed by atoms with Crippen LogP contribution in [0.3, 0.4) is 0 Å². The fourth-order valence-electron chi connectivity index (χ4n) is 2.99. The SMILES string of the molecule is O=C1C[C@H](c2ccc(C3CCCC3)cc2)C(=O)O1. The fourth-order valence-corrected chi connectivity index (χ4v) is 2.99. The minimum Gasteiger partial charge on any atom is -0.393 e. The van der Waals surface area contributed by atoms with Crippen LogP contribution >= 0.6 is 0 Å². The van der Waals surface area contributed by atoms with Crippen LogP contribution in [0.5, 0.6) is 0 Å². The molecule has 1 heterocycles. The molecule has 0 bridgehead atoms. The molecule has 0 unspecified atom stereocenters. The summed E-state index contributed by atoms with van der Waals surface area (Å²) < 4.78 is 4.58. The highest BCUT2D eigenvalue weighted by molar-refractivity contribution is 5.97. The third-order valence-electron chi connectivity index (χ3n) is 4.04. The van der Waals surface area contributed by atoms with Gasteiger partial charge in [-0.1, -0.05) is 37.1 Å². The first-order valence-electron chi connectivity index (χ1n) is 6.58. The highest BCUT2D eigenvalue weighted by atomic mass is 16.6. The second-order valence-corrected chi connectivity index (χ2v) is 5.20. The van der Waals surface area contributed by atoms with Crippen LogP contribution in [0.1, 0.15) is 55.1 Å². The zero-order chi connectivity index (χ0) is 12.5. The largest absolute Gasteiger partial charge is 0.393 e. The molecule has 1 aliphatic carbocycles. The van der Waals surface area contributed by atoms with E-state index < -0.39 is 17.9 Å². The molecule has 18 heavy (non-hydrogen) atoms. The molecule has 1 saturated heterocycles. The summed E-state index contributed by atoms with van der Waals surface area (Å²) in [5.74, 6) is -0.537. The van der Waals surface area contributed by atoms with Gasteiger partial charge in [-0.2, -0.15) is 0 Å². The average molecular weight is 244 g/mol. The van der Waals surface area contributed by atoms with E-state index in [-0.39, 0.29) is 6.42 Å². The molecule has 1 aromatic rings. The maximum absolute atomic E-state index is 11.5. The number of hydrogen-bond acceptors (Lipinski definition) is 3. The van der Waals surface area contributed by atoms with Gasteiger partial charge in [-0.25, -0.2) is 0 Å². The Morgan fingerprint density at radius 3 is 2.11 bits per heavy atom. The number of benzene rings is 1. The van der Waals surface area contributed by atoms with Gasteiger partial charge in [0.05, 0.1) is 12.3 Å². The summed E-state index contributed by atoms with van der Waals surface area (Å²) in [6, 6.07) is 8.14. The van der Waals surface area contributed by atoms with E-state index in [4.69, 9.17) is 0 Å². The molecule has 1 saturated carbocycles. The summed E-state index contributed by atoms with van der Waals surface area (Å²) in [6.45, 7) is 0. The van der Waals surface area contributed by atoms with Crippen molar-refractivity contribution in [1.82, 2.24) is 0 Å². The van der Waals surface area contributed by atoms with E-state index in [0.29, 0.717) is 5.92 Å². The topological polar surface area (TPSA) is 43.4 Å². The van der Waals surface area contributed by atoms with E-state index in [9.17, 15) is 9.59 Å². The van der Waals surface area contributed by atoms with Crippen LogP contribution in [0.2, 0.25) is 0 Å². The van der Waals surface area contributed by atoms with Crippen molar-refractivity contribution in [3.8, 4) is 0 Å².